The SMILES string of the molecule is C#CCSC(C)c1cccc(C)c1. The van der Waals surface area contributed by atoms with Gasteiger partial charge in [0.2, 0.25) is 0 Å². The third-order valence-electron chi connectivity index (χ3n) is 1.93. The van der Waals surface area contributed by atoms with Gasteiger partial charge in [-0.25, -0.2) is 0 Å². The minimum atomic E-state index is 0.496. The van der Waals surface area contributed by atoms with Crippen molar-refractivity contribution in [3.63, 3.8) is 0 Å². The van der Waals surface area contributed by atoms with Crippen molar-refractivity contribution in [1.82, 2.24) is 0 Å². The molecule has 0 aliphatic carbocycles. The van der Waals surface area contributed by atoms with E-state index in [4.69, 9.17) is 6.42 Å². The van der Waals surface area contributed by atoms with Crippen LogP contribution >= 0.6 is 11.8 Å². The topological polar surface area (TPSA) is 0 Å². The first-order valence-electron chi connectivity index (χ1n) is 4.35. The molecule has 0 amide bonds. The van der Waals surface area contributed by atoms with Crippen molar-refractivity contribution >= 4 is 11.8 Å². The summed E-state index contributed by atoms with van der Waals surface area (Å²) in [6, 6.07) is 8.58. The highest BCUT2D eigenvalue weighted by Crippen LogP contribution is 2.27. The van der Waals surface area contributed by atoms with E-state index in [1.54, 1.807) is 11.8 Å². The fourth-order valence-corrected chi connectivity index (χ4v) is 1.88. The van der Waals surface area contributed by atoms with Crippen molar-refractivity contribution in [1.29, 1.82) is 0 Å². The average molecular weight is 190 g/mol. The first-order chi connectivity index (χ1) is 6.24. The van der Waals surface area contributed by atoms with Gasteiger partial charge in [0.05, 0.1) is 5.75 Å². The second-order valence-electron chi connectivity index (χ2n) is 3.07. The Morgan fingerprint density at radius 1 is 1.54 bits per heavy atom. The van der Waals surface area contributed by atoms with Crippen molar-refractivity contribution in [3.8, 4) is 12.3 Å². The Hall–Kier alpha value is -0.870. The quantitative estimate of drug-likeness (QED) is 0.658. The van der Waals surface area contributed by atoms with E-state index >= 15 is 0 Å². The molecule has 1 heteroatoms. The number of hydrogen-bond donors (Lipinski definition) is 0. The van der Waals surface area contributed by atoms with Crippen molar-refractivity contribution < 1.29 is 0 Å². The lowest BCUT2D eigenvalue weighted by Gasteiger charge is -2.09. The predicted molar refractivity (Wildman–Crippen MR) is 60.9 cm³/mol. The van der Waals surface area contributed by atoms with Gasteiger partial charge in [-0.1, -0.05) is 35.7 Å². The van der Waals surface area contributed by atoms with Crippen LogP contribution in [0.4, 0.5) is 0 Å². The Bertz CT molecular complexity index is 309. The maximum absolute atomic E-state index is 5.21. The van der Waals surface area contributed by atoms with Crippen LogP contribution in [0.15, 0.2) is 24.3 Å². The summed E-state index contributed by atoms with van der Waals surface area (Å²) < 4.78 is 0. The molecule has 0 heterocycles. The molecule has 1 aromatic carbocycles. The van der Waals surface area contributed by atoms with Crippen LogP contribution < -0.4 is 0 Å². The molecule has 0 saturated carbocycles. The van der Waals surface area contributed by atoms with Crippen LogP contribution in [-0.4, -0.2) is 5.75 Å². The van der Waals surface area contributed by atoms with Crippen LogP contribution in [0, 0.1) is 19.3 Å². The summed E-state index contributed by atoms with van der Waals surface area (Å²) in [5.41, 5.74) is 2.67. The van der Waals surface area contributed by atoms with Crippen molar-refractivity contribution in [2.24, 2.45) is 0 Å². The van der Waals surface area contributed by atoms with E-state index in [9.17, 15) is 0 Å². The minimum Gasteiger partial charge on any atom is -0.141 e. The monoisotopic (exact) mass is 190 g/mol. The number of benzene rings is 1. The summed E-state index contributed by atoms with van der Waals surface area (Å²) in [4.78, 5) is 0. The fourth-order valence-electron chi connectivity index (χ4n) is 1.19. The molecule has 68 valence electrons. The van der Waals surface area contributed by atoms with Crippen molar-refractivity contribution in [3.05, 3.63) is 35.4 Å². The molecule has 0 aromatic heterocycles. The molecule has 1 atom stereocenters. The molecule has 0 N–H and O–H groups in total. The largest absolute Gasteiger partial charge is 0.141 e. The maximum Gasteiger partial charge on any atom is 0.0550 e. The summed E-state index contributed by atoms with van der Waals surface area (Å²) in [5.74, 6) is 3.43. The van der Waals surface area contributed by atoms with Gasteiger partial charge >= 0.3 is 0 Å². The van der Waals surface area contributed by atoms with E-state index < -0.39 is 0 Å². The third-order valence-corrected chi connectivity index (χ3v) is 3.03. The molecule has 1 unspecified atom stereocenters. The number of aryl methyl sites for hydroxylation is 1. The lowest BCUT2D eigenvalue weighted by Crippen LogP contribution is -1.89. The number of thioether (sulfide) groups is 1. The van der Waals surface area contributed by atoms with Gasteiger partial charge in [0.15, 0.2) is 0 Å². The zero-order valence-corrected chi connectivity index (χ0v) is 8.90. The van der Waals surface area contributed by atoms with E-state index in [1.807, 2.05) is 0 Å². The highest BCUT2D eigenvalue weighted by Gasteiger charge is 2.03. The Kier molecular flexibility index (Phi) is 3.92. The van der Waals surface area contributed by atoms with Crippen LogP contribution in [0.2, 0.25) is 0 Å². The van der Waals surface area contributed by atoms with Crippen LogP contribution in [0.3, 0.4) is 0 Å². The molecule has 0 bridgehead atoms. The molecule has 1 rings (SSSR count). The molecule has 0 aliphatic heterocycles. The van der Waals surface area contributed by atoms with Crippen molar-refractivity contribution in [2.45, 2.75) is 19.1 Å². The van der Waals surface area contributed by atoms with Gasteiger partial charge in [-0.3, -0.25) is 0 Å². The molecule has 0 radical (unpaired) electrons. The molecule has 13 heavy (non-hydrogen) atoms. The molecule has 0 nitrogen and oxygen atoms in total. The molecular formula is C12H14S. The van der Waals surface area contributed by atoms with Gasteiger partial charge < -0.3 is 0 Å². The van der Waals surface area contributed by atoms with E-state index in [0.29, 0.717) is 5.25 Å². The maximum atomic E-state index is 5.21. The van der Waals surface area contributed by atoms with Gasteiger partial charge in [-0.15, -0.1) is 18.2 Å². The van der Waals surface area contributed by atoms with Crippen LogP contribution in [-0.2, 0) is 0 Å². The number of rotatable bonds is 3. The second-order valence-corrected chi connectivity index (χ2v) is 4.40. The standard InChI is InChI=1S/C12H14S/c1-4-8-13-11(3)12-7-5-6-10(2)9-12/h1,5-7,9,11H,8H2,2-3H3. The summed E-state index contributed by atoms with van der Waals surface area (Å²) in [5, 5.41) is 0.496. The average Bonchev–Trinajstić information content (AvgIpc) is 2.14. The molecule has 0 aliphatic rings. The Balaban J connectivity index is 2.66. The highest BCUT2D eigenvalue weighted by atomic mass is 32.2. The number of terminal acetylenes is 1. The van der Waals surface area contributed by atoms with Gasteiger partial charge in [-0.2, -0.15) is 0 Å². The third kappa shape index (κ3) is 3.16. The van der Waals surface area contributed by atoms with Gasteiger partial charge in [-0.05, 0) is 19.4 Å². The summed E-state index contributed by atoms with van der Waals surface area (Å²) in [6.07, 6.45) is 5.21. The first-order valence-corrected chi connectivity index (χ1v) is 5.40. The van der Waals surface area contributed by atoms with Gasteiger partial charge in [0, 0.05) is 5.25 Å². The molecule has 0 spiro atoms. The molecule has 0 saturated heterocycles. The molecular weight excluding hydrogens is 176 g/mol. The summed E-state index contributed by atoms with van der Waals surface area (Å²) in [7, 11) is 0. The fraction of sp³-hybridized carbons (Fsp3) is 0.333. The van der Waals surface area contributed by atoms with Crippen molar-refractivity contribution in [2.75, 3.05) is 5.75 Å². The van der Waals surface area contributed by atoms with Crippen LogP contribution in [0.5, 0.6) is 0 Å². The smallest absolute Gasteiger partial charge is 0.0550 e. The lowest BCUT2D eigenvalue weighted by atomic mass is 10.1. The van der Waals surface area contributed by atoms with Gasteiger partial charge in [0.1, 0.15) is 0 Å². The van der Waals surface area contributed by atoms with E-state index in [-0.39, 0.29) is 0 Å². The zero-order chi connectivity index (χ0) is 9.68. The van der Waals surface area contributed by atoms with Crippen LogP contribution in [0.25, 0.3) is 0 Å². The Labute approximate surface area is 84.7 Å². The van der Waals surface area contributed by atoms with E-state index in [2.05, 4.69) is 44.0 Å². The summed E-state index contributed by atoms with van der Waals surface area (Å²) in [6.45, 7) is 4.30. The second kappa shape index (κ2) is 4.99. The Morgan fingerprint density at radius 3 is 2.92 bits per heavy atom. The highest BCUT2D eigenvalue weighted by molar-refractivity contribution is 7.99. The predicted octanol–water partition coefficient (Wildman–Crippen LogP) is 3.42. The van der Waals surface area contributed by atoms with E-state index in [0.717, 1.165) is 5.75 Å². The molecule has 1 aromatic rings. The lowest BCUT2D eigenvalue weighted by molar-refractivity contribution is 1.09. The number of hydrogen-bond acceptors (Lipinski definition) is 1. The zero-order valence-electron chi connectivity index (χ0n) is 8.08. The van der Waals surface area contributed by atoms with Crippen LogP contribution in [0.1, 0.15) is 23.3 Å². The minimum absolute atomic E-state index is 0.496. The summed E-state index contributed by atoms with van der Waals surface area (Å²) >= 11 is 1.80. The van der Waals surface area contributed by atoms with Gasteiger partial charge in [0.25, 0.3) is 0 Å². The van der Waals surface area contributed by atoms with E-state index in [1.165, 1.54) is 11.1 Å². The first kappa shape index (κ1) is 10.2. The molecule has 0 fully saturated rings. The normalized spacial score (nSPS) is 12.1. The Morgan fingerprint density at radius 2 is 2.31 bits per heavy atom.